The molecule has 6 aliphatic heterocycles. The fraction of sp³-hybridized carbons (Fsp3) is 0.889. The van der Waals surface area contributed by atoms with Crippen molar-refractivity contribution in [3.05, 3.63) is 16.9 Å². The highest BCUT2D eigenvalue weighted by molar-refractivity contribution is 6.28. The maximum absolute atomic E-state index is 6.74. The average Bonchev–Trinajstić information content (AvgIpc) is 2.98. The van der Waals surface area contributed by atoms with Crippen LogP contribution in [0.5, 0.6) is 0 Å². The van der Waals surface area contributed by atoms with Gasteiger partial charge in [-0.15, -0.1) is 0 Å². The molecule has 2 atom stereocenters. The number of quaternary nitrogens is 4. The Morgan fingerprint density at radius 3 is 1.26 bits per heavy atom. The summed E-state index contributed by atoms with van der Waals surface area (Å²) in [4.78, 5) is 15.0. The molecule has 11 nitrogen and oxygen atoms in total. The quantitative estimate of drug-likeness (QED) is 0.320. The molecule has 12 heteroatoms. The van der Waals surface area contributed by atoms with Crippen molar-refractivity contribution in [1.82, 2.24) is 36.2 Å². The Kier molecular flexibility index (Phi) is 7.35. The summed E-state index contributed by atoms with van der Waals surface area (Å²) in [5, 5.41) is 14.9. The maximum Gasteiger partial charge on any atom is 0.226 e. The van der Waals surface area contributed by atoms with Crippen LogP contribution in [0.25, 0.3) is 0 Å². The third-order valence-electron chi connectivity index (χ3n) is 11.8. The molecule has 0 aromatic carbocycles. The number of rotatable bonds is 2. The van der Waals surface area contributed by atoms with Crippen LogP contribution < -0.4 is 21.3 Å². The van der Waals surface area contributed by atoms with E-state index in [-0.39, 0.29) is 12.1 Å². The average molecular weight is 564 g/mol. The van der Waals surface area contributed by atoms with Crippen LogP contribution in [0.3, 0.4) is 0 Å². The Labute approximate surface area is 238 Å². The highest BCUT2D eigenvalue weighted by Crippen LogP contribution is 2.36. The molecular formula is C27H50ClN11+4. The fourth-order valence-electron chi connectivity index (χ4n) is 8.93. The molecule has 0 aliphatic carbocycles. The number of hydrogen-bond donors (Lipinski definition) is 4. The lowest BCUT2D eigenvalue weighted by atomic mass is 10.0. The van der Waals surface area contributed by atoms with E-state index in [0.717, 1.165) is 86.1 Å². The highest BCUT2D eigenvalue weighted by Gasteiger charge is 2.52. The minimum absolute atomic E-state index is 0.252. The van der Waals surface area contributed by atoms with Crippen LogP contribution >= 0.6 is 11.6 Å². The van der Waals surface area contributed by atoms with Gasteiger partial charge in [-0.3, -0.25) is 0 Å². The first kappa shape index (κ1) is 26.9. The second kappa shape index (κ2) is 10.7. The van der Waals surface area contributed by atoms with Crippen molar-refractivity contribution in [1.29, 1.82) is 0 Å². The number of nitrogens with one attached hydrogen (secondary N) is 4. The van der Waals surface area contributed by atoms with E-state index in [0.29, 0.717) is 5.28 Å². The number of halogens is 1. The van der Waals surface area contributed by atoms with Crippen molar-refractivity contribution in [2.45, 2.75) is 12.1 Å². The summed E-state index contributed by atoms with van der Waals surface area (Å²) >= 11 is 6.74. The predicted molar refractivity (Wildman–Crippen MR) is 151 cm³/mol. The van der Waals surface area contributed by atoms with E-state index in [2.05, 4.69) is 21.3 Å². The third-order valence-corrected chi connectivity index (χ3v) is 12.0. The monoisotopic (exact) mass is 563 g/mol. The zero-order chi connectivity index (χ0) is 26.4. The van der Waals surface area contributed by atoms with Gasteiger partial charge in [0.05, 0.1) is 52.4 Å². The molecule has 2 unspecified atom stereocenters. The molecule has 216 valence electrons. The molecule has 0 bridgehead atoms. The molecule has 4 N–H and O–H groups in total. The zero-order valence-corrected chi connectivity index (χ0v) is 24.5. The van der Waals surface area contributed by atoms with Gasteiger partial charge < -0.3 is 39.2 Å². The lowest BCUT2D eigenvalue weighted by Gasteiger charge is -2.55. The summed E-state index contributed by atoms with van der Waals surface area (Å²) in [7, 11) is 0. The summed E-state index contributed by atoms with van der Waals surface area (Å²) in [5.41, 5.74) is 0. The van der Waals surface area contributed by atoms with E-state index >= 15 is 0 Å². The van der Waals surface area contributed by atoms with Crippen molar-refractivity contribution in [2.24, 2.45) is 0 Å². The Bertz CT molecular complexity index is 929. The Balaban J connectivity index is 1.14. The van der Waals surface area contributed by atoms with E-state index in [9.17, 15) is 0 Å². The molecular weight excluding hydrogens is 514 g/mol. The molecule has 7 rings (SSSR count). The zero-order valence-electron chi connectivity index (χ0n) is 23.7. The smallest absolute Gasteiger partial charge is 0.226 e. The standard InChI is InChI=1S/C27H50ClN11/c28-27-34-25(23-21-31-5-11-38(23)17-13-36(14-18-38)7-1-29-2-8-36)33-26(35-27)24-22-32-6-12-39(24)19-15-37(16-20-39)9-3-30-4-10-37/h23-24,29-32H,1-22H2/q+4. The normalized spacial score (nSPS) is 33.5. The molecule has 39 heavy (non-hydrogen) atoms. The van der Waals surface area contributed by atoms with Gasteiger partial charge in [-0.1, -0.05) is 0 Å². The van der Waals surface area contributed by atoms with Gasteiger partial charge in [0.2, 0.25) is 5.28 Å². The summed E-state index contributed by atoms with van der Waals surface area (Å²) in [5.74, 6) is 1.86. The largest absolute Gasteiger partial charge is 0.312 e. The van der Waals surface area contributed by atoms with Gasteiger partial charge in [-0.25, -0.2) is 4.98 Å². The molecule has 1 aromatic rings. The van der Waals surface area contributed by atoms with Crippen LogP contribution in [0, 0.1) is 0 Å². The molecule has 6 aliphatic rings. The van der Waals surface area contributed by atoms with Crippen LogP contribution in [-0.2, 0) is 0 Å². The summed E-state index contributed by atoms with van der Waals surface area (Å²) in [6.07, 6.45) is 0. The van der Waals surface area contributed by atoms with E-state index in [4.69, 9.17) is 26.6 Å². The SMILES string of the molecule is Clc1nc(C2CNCC[N+]23CC[N+]2(CCNCC2)CC3)nc(C2CNCC[N+]23CC[N+]2(CCNCC2)CC3)n1. The topological polar surface area (TPSA) is 86.8 Å². The van der Waals surface area contributed by atoms with E-state index in [1.54, 1.807) is 0 Å². The molecule has 6 fully saturated rings. The van der Waals surface area contributed by atoms with E-state index < -0.39 is 0 Å². The van der Waals surface area contributed by atoms with Crippen molar-refractivity contribution >= 4 is 11.6 Å². The number of aromatic nitrogens is 3. The van der Waals surface area contributed by atoms with E-state index in [1.165, 1.54) is 87.5 Å². The van der Waals surface area contributed by atoms with Crippen molar-refractivity contribution in [3.8, 4) is 0 Å². The second-order valence-electron chi connectivity index (χ2n) is 13.5. The number of nitrogens with zero attached hydrogens (tertiary/aromatic N) is 7. The second-order valence-corrected chi connectivity index (χ2v) is 13.8. The van der Waals surface area contributed by atoms with Gasteiger partial charge in [-0.05, 0) is 11.6 Å². The van der Waals surface area contributed by atoms with E-state index in [1.807, 2.05) is 0 Å². The molecule has 0 radical (unpaired) electrons. The van der Waals surface area contributed by atoms with Gasteiger partial charge >= 0.3 is 0 Å². The van der Waals surface area contributed by atoms with Crippen molar-refractivity contribution in [3.63, 3.8) is 0 Å². The van der Waals surface area contributed by atoms with Crippen LogP contribution in [0.15, 0.2) is 0 Å². The fourth-order valence-corrected chi connectivity index (χ4v) is 9.10. The first-order valence-corrected chi connectivity index (χ1v) is 16.1. The summed E-state index contributed by atoms with van der Waals surface area (Å²) < 4.78 is 4.80. The Morgan fingerprint density at radius 1 is 0.462 bits per heavy atom. The van der Waals surface area contributed by atoms with Gasteiger partial charge in [0.1, 0.15) is 52.4 Å². The summed E-state index contributed by atoms with van der Waals surface area (Å²) in [6.45, 7) is 26.0. The van der Waals surface area contributed by atoms with Crippen LogP contribution in [0.1, 0.15) is 23.7 Å². The first-order valence-electron chi connectivity index (χ1n) is 15.7. The Morgan fingerprint density at radius 2 is 0.846 bits per heavy atom. The van der Waals surface area contributed by atoms with Crippen LogP contribution in [-0.4, -0.2) is 177 Å². The molecule has 0 amide bonds. The first-order chi connectivity index (χ1) is 19.0. The lowest BCUT2D eigenvalue weighted by molar-refractivity contribution is -1.05. The van der Waals surface area contributed by atoms with Gasteiger partial charge in [-0.2, -0.15) is 9.97 Å². The third kappa shape index (κ3) is 5.02. The molecule has 6 saturated heterocycles. The minimum Gasteiger partial charge on any atom is -0.312 e. The van der Waals surface area contributed by atoms with Crippen LogP contribution in [0.4, 0.5) is 0 Å². The molecule has 0 saturated carbocycles. The molecule has 1 aromatic heterocycles. The lowest BCUT2D eigenvalue weighted by Crippen LogP contribution is -2.73. The van der Waals surface area contributed by atoms with Crippen LogP contribution in [0.2, 0.25) is 5.28 Å². The van der Waals surface area contributed by atoms with Gasteiger partial charge in [0.25, 0.3) is 0 Å². The predicted octanol–water partition coefficient (Wildman–Crippen LogP) is -1.69. The molecule has 7 heterocycles. The highest BCUT2D eigenvalue weighted by atomic mass is 35.5. The maximum atomic E-state index is 6.74. The molecule has 4 spiro atoms. The van der Waals surface area contributed by atoms with Crippen molar-refractivity contribution in [2.75, 3.05) is 144 Å². The minimum atomic E-state index is 0.252. The Hall–Kier alpha value is -1.02. The van der Waals surface area contributed by atoms with Gasteiger partial charge in [0, 0.05) is 39.3 Å². The van der Waals surface area contributed by atoms with Gasteiger partial charge in [0.15, 0.2) is 23.7 Å². The number of piperazine rings is 6. The van der Waals surface area contributed by atoms with Crippen molar-refractivity contribution < 1.29 is 17.9 Å². The summed E-state index contributed by atoms with van der Waals surface area (Å²) in [6, 6.07) is 0.504. The number of hydrogen-bond acceptors (Lipinski definition) is 7.